The lowest BCUT2D eigenvalue weighted by Crippen LogP contribution is -2.39. The van der Waals surface area contributed by atoms with E-state index in [2.05, 4.69) is 0 Å². The molecule has 0 amide bonds. The van der Waals surface area contributed by atoms with Crippen molar-refractivity contribution in [1.82, 2.24) is 0 Å². The van der Waals surface area contributed by atoms with Crippen molar-refractivity contribution in [1.29, 1.82) is 0 Å². The fourth-order valence-electron chi connectivity index (χ4n) is 2.08. The number of halogens is 2. The number of nitrogens with zero attached hydrogens (tertiary/aromatic N) is 1. The van der Waals surface area contributed by atoms with Gasteiger partial charge < -0.3 is 10.6 Å². The molecular formula is C13H18F2N2. The molecule has 1 aliphatic heterocycles. The van der Waals surface area contributed by atoms with E-state index in [-0.39, 0.29) is 18.9 Å². The molecule has 0 radical (unpaired) electrons. The third-order valence-electron chi connectivity index (χ3n) is 3.28. The van der Waals surface area contributed by atoms with Crippen LogP contribution in [0.3, 0.4) is 0 Å². The molecule has 17 heavy (non-hydrogen) atoms. The summed E-state index contributed by atoms with van der Waals surface area (Å²) in [4.78, 5) is 2.00. The molecule has 94 valence electrons. The van der Waals surface area contributed by atoms with Crippen LogP contribution in [0.1, 0.15) is 31.4 Å². The van der Waals surface area contributed by atoms with Crippen LogP contribution in [0.5, 0.6) is 0 Å². The second kappa shape index (κ2) is 4.61. The molecule has 1 saturated heterocycles. The standard InChI is InChI=1S/C13H18F2N2/c1-10(16)11-2-4-12(5-3-11)17-8-6-13(14,15)7-9-17/h2-5,10H,6-9,16H2,1H3. The zero-order valence-corrected chi connectivity index (χ0v) is 10.00. The Hall–Kier alpha value is -1.16. The van der Waals surface area contributed by atoms with E-state index in [1.165, 1.54) is 0 Å². The van der Waals surface area contributed by atoms with Gasteiger partial charge in [0.2, 0.25) is 0 Å². The Morgan fingerprint density at radius 3 is 2.18 bits per heavy atom. The zero-order valence-electron chi connectivity index (χ0n) is 10.00. The first-order chi connectivity index (χ1) is 7.98. The minimum atomic E-state index is -2.48. The summed E-state index contributed by atoms with van der Waals surface area (Å²) in [7, 11) is 0. The van der Waals surface area contributed by atoms with Crippen LogP contribution in [0.2, 0.25) is 0 Å². The molecule has 1 fully saturated rings. The average molecular weight is 240 g/mol. The van der Waals surface area contributed by atoms with Crippen LogP contribution in [0, 0.1) is 0 Å². The summed E-state index contributed by atoms with van der Waals surface area (Å²) in [5.74, 6) is -2.48. The van der Waals surface area contributed by atoms with Crippen LogP contribution in [-0.4, -0.2) is 19.0 Å². The van der Waals surface area contributed by atoms with Gasteiger partial charge in [-0.25, -0.2) is 8.78 Å². The Labute approximate surface area is 100 Å². The van der Waals surface area contributed by atoms with Crippen molar-refractivity contribution < 1.29 is 8.78 Å². The normalized spacial score (nSPS) is 21.3. The van der Waals surface area contributed by atoms with Gasteiger partial charge in [-0.05, 0) is 24.6 Å². The summed E-state index contributed by atoms with van der Waals surface area (Å²) in [5.41, 5.74) is 7.84. The maximum atomic E-state index is 13.0. The van der Waals surface area contributed by atoms with Crippen LogP contribution in [0.4, 0.5) is 14.5 Å². The van der Waals surface area contributed by atoms with Crippen molar-refractivity contribution in [2.75, 3.05) is 18.0 Å². The molecule has 1 aliphatic rings. The fraction of sp³-hybridized carbons (Fsp3) is 0.538. The predicted octanol–water partition coefficient (Wildman–Crippen LogP) is 2.94. The maximum absolute atomic E-state index is 13.0. The van der Waals surface area contributed by atoms with Gasteiger partial charge in [-0.15, -0.1) is 0 Å². The molecule has 0 saturated carbocycles. The molecule has 0 bridgehead atoms. The summed E-state index contributed by atoms with van der Waals surface area (Å²) in [6, 6.07) is 7.86. The highest BCUT2D eigenvalue weighted by Crippen LogP contribution is 2.30. The summed E-state index contributed by atoms with van der Waals surface area (Å²) in [6.07, 6.45) is -0.107. The predicted molar refractivity (Wildman–Crippen MR) is 65.4 cm³/mol. The fourth-order valence-corrected chi connectivity index (χ4v) is 2.08. The monoisotopic (exact) mass is 240 g/mol. The number of hydrogen-bond donors (Lipinski definition) is 1. The minimum Gasteiger partial charge on any atom is -0.371 e. The molecule has 2 nitrogen and oxygen atoms in total. The molecule has 0 aliphatic carbocycles. The lowest BCUT2D eigenvalue weighted by atomic mass is 10.0. The molecule has 0 aromatic heterocycles. The van der Waals surface area contributed by atoms with E-state index >= 15 is 0 Å². The average Bonchev–Trinajstić information content (AvgIpc) is 2.29. The van der Waals surface area contributed by atoms with Gasteiger partial charge in [0.1, 0.15) is 0 Å². The van der Waals surface area contributed by atoms with Crippen LogP contribution < -0.4 is 10.6 Å². The Kier molecular flexibility index (Phi) is 3.33. The first-order valence-electron chi connectivity index (χ1n) is 5.96. The minimum absolute atomic E-state index is 0.00902. The molecule has 1 aromatic rings. The highest BCUT2D eigenvalue weighted by molar-refractivity contribution is 5.48. The van der Waals surface area contributed by atoms with Gasteiger partial charge in [-0.3, -0.25) is 0 Å². The number of alkyl halides is 2. The molecule has 1 atom stereocenters. The van der Waals surface area contributed by atoms with Crippen molar-refractivity contribution in [3.63, 3.8) is 0 Å². The Morgan fingerprint density at radius 2 is 1.71 bits per heavy atom. The largest absolute Gasteiger partial charge is 0.371 e. The van der Waals surface area contributed by atoms with Gasteiger partial charge in [0.05, 0.1) is 0 Å². The molecule has 2 N–H and O–H groups in total. The van der Waals surface area contributed by atoms with Crippen molar-refractivity contribution in [3.8, 4) is 0 Å². The Morgan fingerprint density at radius 1 is 1.18 bits per heavy atom. The topological polar surface area (TPSA) is 29.3 Å². The van der Waals surface area contributed by atoms with Crippen molar-refractivity contribution >= 4 is 5.69 Å². The number of hydrogen-bond acceptors (Lipinski definition) is 2. The number of rotatable bonds is 2. The Bertz CT molecular complexity index is 364. The molecule has 1 unspecified atom stereocenters. The number of nitrogens with two attached hydrogens (primary N) is 1. The van der Waals surface area contributed by atoms with Gasteiger partial charge in [-0.2, -0.15) is 0 Å². The van der Waals surface area contributed by atoms with Gasteiger partial charge in [0, 0.05) is 37.7 Å². The second-order valence-corrected chi connectivity index (χ2v) is 4.72. The maximum Gasteiger partial charge on any atom is 0.251 e. The molecular weight excluding hydrogens is 222 g/mol. The number of piperidine rings is 1. The highest BCUT2D eigenvalue weighted by atomic mass is 19.3. The van der Waals surface area contributed by atoms with Gasteiger partial charge >= 0.3 is 0 Å². The summed E-state index contributed by atoms with van der Waals surface area (Å²) >= 11 is 0. The van der Waals surface area contributed by atoms with Crippen LogP contribution in [-0.2, 0) is 0 Å². The van der Waals surface area contributed by atoms with Crippen LogP contribution in [0.15, 0.2) is 24.3 Å². The molecule has 1 heterocycles. The van der Waals surface area contributed by atoms with Gasteiger partial charge in [0.15, 0.2) is 0 Å². The summed E-state index contributed by atoms with van der Waals surface area (Å²) in [6.45, 7) is 2.77. The van der Waals surface area contributed by atoms with E-state index in [1.54, 1.807) is 0 Å². The van der Waals surface area contributed by atoms with E-state index in [0.29, 0.717) is 13.1 Å². The van der Waals surface area contributed by atoms with Crippen molar-refractivity contribution in [2.24, 2.45) is 5.73 Å². The van der Waals surface area contributed by atoms with Crippen molar-refractivity contribution in [3.05, 3.63) is 29.8 Å². The molecule has 1 aromatic carbocycles. The summed E-state index contributed by atoms with van der Waals surface area (Å²) < 4.78 is 26.0. The third-order valence-corrected chi connectivity index (χ3v) is 3.28. The van der Waals surface area contributed by atoms with E-state index in [1.807, 2.05) is 36.1 Å². The van der Waals surface area contributed by atoms with Crippen LogP contribution >= 0.6 is 0 Å². The van der Waals surface area contributed by atoms with E-state index in [9.17, 15) is 8.78 Å². The lowest BCUT2D eigenvalue weighted by Gasteiger charge is -2.33. The molecule has 4 heteroatoms. The second-order valence-electron chi connectivity index (χ2n) is 4.72. The van der Waals surface area contributed by atoms with E-state index in [4.69, 9.17) is 5.73 Å². The molecule has 0 spiro atoms. The smallest absolute Gasteiger partial charge is 0.251 e. The highest BCUT2D eigenvalue weighted by Gasteiger charge is 2.33. The van der Waals surface area contributed by atoms with Gasteiger partial charge in [0.25, 0.3) is 5.92 Å². The number of benzene rings is 1. The van der Waals surface area contributed by atoms with Gasteiger partial charge in [-0.1, -0.05) is 12.1 Å². The lowest BCUT2D eigenvalue weighted by molar-refractivity contribution is -0.0220. The SMILES string of the molecule is CC(N)c1ccc(N2CCC(F)(F)CC2)cc1. The zero-order chi connectivity index (χ0) is 12.5. The Balaban J connectivity index is 2.04. The summed E-state index contributed by atoms with van der Waals surface area (Å²) in [5, 5.41) is 0. The molecule has 2 rings (SSSR count). The number of anilines is 1. The first-order valence-corrected chi connectivity index (χ1v) is 5.96. The quantitative estimate of drug-likeness (QED) is 0.861. The third kappa shape index (κ3) is 2.94. The van der Waals surface area contributed by atoms with E-state index < -0.39 is 5.92 Å². The van der Waals surface area contributed by atoms with Crippen LogP contribution in [0.25, 0.3) is 0 Å². The van der Waals surface area contributed by atoms with E-state index in [0.717, 1.165) is 11.3 Å². The van der Waals surface area contributed by atoms with Crippen molar-refractivity contribution in [2.45, 2.75) is 31.7 Å². The first kappa shape index (κ1) is 12.3.